The van der Waals surface area contributed by atoms with Gasteiger partial charge in [-0.05, 0) is 63.2 Å². The SMILES string of the molecule is Fc1ccc2c(C3CCN(CCCn4nc5ccccc5n4)CC3)noc2c1. The molecule has 28 heavy (non-hydrogen) atoms. The highest BCUT2D eigenvalue weighted by Crippen LogP contribution is 2.32. The van der Waals surface area contributed by atoms with Gasteiger partial charge >= 0.3 is 0 Å². The van der Waals surface area contributed by atoms with Crippen molar-refractivity contribution >= 4 is 22.0 Å². The standard InChI is InChI=1S/C21H22FN5O/c22-16-6-7-17-20(14-16)28-25-21(17)15-8-12-26(13-9-15)10-3-11-27-23-18-4-1-2-5-19(18)24-27/h1-2,4-7,14-15H,3,8-13H2. The number of hydrogen-bond acceptors (Lipinski definition) is 5. The van der Waals surface area contributed by atoms with Crippen molar-refractivity contribution in [2.75, 3.05) is 19.6 Å². The third-order valence-corrected chi connectivity index (χ3v) is 5.60. The highest BCUT2D eigenvalue weighted by molar-refractivity contribution is 5.79. The first kappa shape index (κ1) is 17.3. The van der Waals surface area contributed by atoms with Crippen LogP contribution in [0.1, 0.15) is 30.9 Å². The van der Waals surface area contributed by atoms with Crippen LogP contribution in [-0.2, 0) is 6.54 Å². The van der Waals surface area contributed by atoms with Gasteiger partial charge in [0.1, 0.15) is 16.9 Å². The molecule has 0 atom stereocenters. The molecule has 2 aromatic heterocycles. The third-order valence-electron chi connectivity index (χ3n) is 5.60. The fourth-order valence-corrected chi connectivity index (χ4v) is 4.10. The second kappa shape index (κ2) is 7.31. The van der Waals surface area contributed by atoms with Gasteiger partial charge < -0.3 is 9.42 Å². The first-order chi connectivity index (χ1) is 13.8. The highest BCUT2D eigenvalue weighted by atomic mass is 19.1. The molecule has 2 aromatic carbocycles. The monoisotopic (exact) mass is 379 g/mol. The molecule has 1 saturated heterocycles. The van der Waals surface area contributed by atoms with Crippen LogP contribution < -0.4 is 0 Å². The lowest BCUT2D eigenvalue weighted by Crippen LogP contribution is -2.34. The van der Waals surface area contributed by atoms with E-state index in [9.17, 15) is 4.39 Å². The van der Waals surface area contributed by atoms with Gasteiger partial charge in [0.05, 0.1) is 12.2 Å². The third kappa shape index (κ3) is 3.38. The second-order valence-corrected chi connectivity index (χ2v) is 7.46. The summed E-state index contributed by atoms with van der Waals surface area (Å²) in [7, 11) is 0. The Balaban J connectivity index is 1.15. The summed E-state index contributed by atoms with van der Waals surface area (Å²) in [5.41, 5.74) is 3.41. The van der Waals surface area contributed by atoms with Crippen molar-refractivity contribution in [3.8, 4) is 0 Å². The van der Waals surface area contributed by atoms with Crippen molar-refractivity contribution < 1.29 is 8.91 Å². The number of aromatic nitrogens is 4. The maximum Gasteiger partial charge on any atom is 0.170 e. The molecule has 144 valence electrons. The van der Waals surface area contributed by atoms with E-state index in [0.717, 1.165) is 67.6 Å². The van der Waals surface area contributed by atoms with Gasteiger partial charge in [-0.1, -0.05) is 17.3 Å². The van der Waals surface area contributed by atoms with Crippen LogP contribution in [0.5, 0.6) is 0 Å². The first-order valence-electron chi connectivity index (χ1n) is 9.83. The summed E-state index contributed by atoms with van der Waals surface area (Å²) in [4.78, 5) is 4.29. The summed E-state index contributed by atoms with van der Waals surface area (Å²) < 4.78 is 18.7. The lowest BCUT2D eigenvalue weighted by atomic mass is 9.91. The van der Waals surface area contributed by atoms with Gasteiger partial charge in [0, 0.05) is 17.4 Å². The Labute approximate surface area is 161 Å². The summed E-state index contributed by atoms with van der Waals surface area (Å²) in [5.74, 6) is 0.0885. The van der Waals surface area contributed by atoms with E-state index in [4.69, 9.17) is 4.52 Å². The number of piperidine rings is 1. The zero-order valence-electron chi connectivity index (χ0n) is 15.6. The molecule has 0 spiro atoms. The Hall–Kier alpha value is -2.80. The van der Waals surface area contributed by atoms with Crippen LogP contribution >= 0.6 is 0 Å². The minimum absolute atomic E-state index is 0.287. The lowest BCUT2D eigenvalue weighted by molar-refractivity contribution is 0.202. The molecule has 1 aliphatic heterocycles. The Bertz CT molecular complexity index is 1060. The molecule has 1 fully saturated rings. The second-order valence-electron chi connectivity index (χ2n) is 7.46. The molecule has 0 N–H and O–H groups in total. The van der Waals surface area contributed by atoms with E-state index in [1.807, 2.05) is 24.3 Å². The number of nitrogens with zero attached hydrogens (tertiary/aromatic N) is 5. The molecule has 0 aliphatic carbocycles. The molecule has 1 aliphatic rings. The number of rotatable bonds is 5. The normalized spacial score (nSPS) is 16.3. The number of benzene rings is 2. The van der Waals surface area contributed by atoms with Crippen LogP contribution in [-0.4, -0.2) is 44.7 Å². The number of hydrogen-bond donors (Lipinski definition) is 0. The molecule has 0 radical (unpaired) electrons. The fourth-order valence-electron chi connectivity index (χ4n) is 4.10. The smallest absolute Gasteiger partial charge is 0.170 e. The van der Waals surface area contributed by atoms with Crippen molar-refractivity contribution in [1.29, 1.82) is 0 Å². The lowest BCUT2D eigenvalue weighted by Gasteiger charge is -2.31. The van der Waals surface area contributed by atoms with Crippen molar-refractivity contribution in [3.63, 3.8) is 0 Å². The van der Waals surface area contributed by atoms with Crippen LogP contribution in [0, 0.1) is 5.82 Å². The molecule has 0 saturated carbocycles. The van der Waals surface area contributed by atoms with E-state index >= 15 is 0 Å². The zero-order chi connectivity index (χ0) is 18.9. The summed E-state index contributed by atoms with van der Waals surface area (Å²) >= 11 is 0. The summed E-state index contributed by atoms with van der Waals surface area (Å²) in [6.45, 7) is 3.94. The maximum atomic E-state index is 13.3. The molecule has 0 bridgehead atoms. The van der Waals surface area contributed by atoms with Gasteiger partial charge in [-0.3, -0.25) is 0 Å². The van der Waals surface area contributed by atoms with Gasteiger partial charge in [-0.25, -0.2) is 4.39 Å². The average molecular weight is 379 g/mol. The summed E-state index contributed by atoms with van der Waals surface area (Å²) in [5, 5.41) is 14.2. The zero-order valence-corrected chi connectivity index (χ0v) is 15.6. The topological polar surface area (TPSA) is 60.0 Å². The Morgan fingerprint density at radius 3 is 2.50 bits per heavy atom. The largest absolute Gasteiger partial charge is 0.356 e. The Morgan fingerprint density at radius 1 is 1.00 bits per heavy atom. The quantitative estimate of drug-likeness (QED) is 0.525. The van der Waals surface area contributed by atoms with Gasteiger partial charge in [0.15, 0.2) is 5.58 Å². The van der Waals surface area contributed by atoms with E-state index < -0.39 is 0 Å². The first-order valence-corrected chi connectivity index (χ1v) is 9.83. The molecule has 4 aromatic rings. The van der Waals surface area contributed by atoms with E-state index in [1.165, 1.54) is 12.1 Å². The van der Waals surface area contributed by atoms with Crippen LogP contribution in [0.15, 0.2) is 47.0 Å². The molecule has 3 heterocycles. The van der Waals surface area contributed by atoms with Crippen LogP contribution in [0.3, 0.4) is 0 Å². The predicted octanol–water partition coefficient (Wildman–Crippen LogP) is 3.98. The Kier molecular flexibility index (Phi) is 4.52. The molecule has 0 unspecified atom stereocenters. The minimum atomic E-state index is -0.287. The number of halogens is 1. The van der Waals surface area contributed by atoms with E-state index in [-0.39, 0.29) is 5.82 Å². The van der Waals surface area contributed by atoms with Crippen LogP contribution in [0.4, 0.5) is 4.39 Å². The maximum absolute atomic E-state index is 13.3. The highest BCUT2D eigenvalue weighted by Gasteiger charge is 2.25. The molecular formula is C21H22FN5O. The van der Waals surface area contributed by atoms with E-state index in [2.05, 4.69) is 20.3 Å². The summed E-state index contributed by atoms with van der Waals surface area (Å²) in [6.07, 6.45) is 3.11. The minimum Gasteiger partial charge on any atom is -0.356 e. The van der Waals surface area contributed by atoms with Crippen molar-refractivity contribution in [1.82, 2.24) is 25.1 Å². The van der Waals surface area contributed by atoms with Crippen LogP contribution in [0.25, 0.3) is 22.0 Å². The molecule has 6 nitrogen and oxygen atoms in total. The number of aryl methyl sites for hydroxylation is 1. The average Bonchev–Trinajstić information content (AvgIpc) is 3.31. The summed E-state index contributed by atoms with van der Waals surface area (Å²) in [6, 6.07) is 12.6. The van der Waals surface area contributed by atoms with E-state index in [1.54, 1.807) is 10.9 Å². The molecule has 7 heteroatoms. The van der Waals surface area contributed by atoms with Crippen LogP contribution in [0.2, 0.25) is 0 Å². The van der Waals surface area contributed by atoms with Crippen molar-refractivity contribution in [2.24, 2.45) is 0 Å². The molecule has 5 rings (SSSR count). The van der Waals surface area contributed by atoms with Gasteiger partial charge in [-0.15, -0.1) is 0 Å². The van der Waals surface area contributed by atoms with Gasteiger partial charge in [-0.2, -0.15) is 15.0 Å². The number of likely N-dealkylation sites (tertiary alicyclic amines) is 1. The van der Waals surface area contributed by atoms with Crippen molar-refractivity contribution in [3.05, 3.63) is 54.0 Å². The fraction of sp³-hybridized carbons (Fsp3) is 0.381. The molecular weight excluding hydrogens is 357 g/mol. The number of fused-ring (bicyclic) bond motifs is 2. The van der Waals surface area contributed by atoms with Crippen molar-refractivity contribution in [2.45, 2.75) is 31.7 Å². The van der Waals surface area contributed by atoms with E-state index in [0.29, 0.717) is 11.5 Å². The Morgan fingerprint density at radius 2 is 1.75 bits per heavy atom. The predicted molar refractivity (Wildman–Crippen MR) is 105 cm³/mol. The molecule has 0 amide bonds. The van der Waals surface area contributed by atoms with Gasteiger partial charge in [0.25, 0.3) is 0 Å². The van der Waals surface area contributed by atoms with Gasteiger partial charge in [0.2, 0.25) is 0 Å².